The van der Waals surface area contributed by atoms with Crippen LogP contribution in [0.2, 0.25) is 5.02 Å². The molecular formula is C17H25ClN2O5. The molecule has 1 aromatic rings. The monoisotopic (exact) mass is 372 g/mol. The molecule has 1 aromatic carbocycles. The maximum absolute atomic E-state index is 11.8. The molecule has 0 fully saturated rings. The molecule has 0 aliphatic heterocycles. The van der Waals surface area contributed by atoms with E-state index in [-0.39, 0.29) is 18.2 Å². The first-order valence-corrected chi connectivity index (χ1v) is 8.13. The van der Waals surface area contributed by atoms with Crippen molar-refractivity contribution in [2.45, 2.75) is 46.3 Å². The molecule has 0 saturated heterocycles. The minimum Gasteiger partial charge on any atom is -0.494 e. The summed E-state index contributed by atoms with van der Waals surface area (Å²) in [4.78, 5) is 23.1. The summed E-state index contributed by atoms with van der Waals surface area (Å²) in [5.41, 5.74) is 0.676. The molecule has 0 aromatic heterocycles. The highest BCUT2D eigenvalue weighted by Gasteiger charge is 2.24. The second-order valence-corrected chi connectivity index (χ2v) is 6.96. The van der Waals surface area contributed by atoms with Crippen molar-refractivity contribution in [1.29, 1.82) is 0 Å². The molecule has 0 aliphatic rings. The fraction of sp³-hybridized carbons (Fsp3) is 0.529. The number of anilines is 1. The number of benzene rings is 1. The highest BCUT2D eigenvalue weighted by Crippen LogP contribution is 2.39. The van der Waals surface area contributed by atoms with Crippen molar-refractivity contribution >= 4 is 29.3 Å². The Hall–Kier alpha value is -1.99. The molecule has 7 nitrogen and oxygen atoms in total. The highest BCUT2D eigenvalue weighted by molar-refractivity contribution is 6.32. The van der Waals surface area contributed by atoms with Gasteiger partial charge in [-0.25, -0.2) is 4.79 Å². The largest absolute Gasteiger partial charge is 0.494 e. The van der Waals surface area contributed by atoms with Gasteiger partial charge in [-0.05, 0) is 39.3 Å². The zero-order valence-electron chi connectivity index (χ0n) is 15.3. The van der Waals surface area contributed by atoms with Crippen LogP contribution in [0, 0.1) is 6.92 Å². The zero-order chi connectivity index (χ0) is 19.4. The van der Waals surface area contributed by atoms with Gasteiger partial charge in [0.2, 0.25) is 5.91 Å². The molecule has 8 heteroatoms. The summed E-state index contributed by atoms with van der Waals surface area (Å²) in [5.74, 6) is -0.0128. The Bertz CT molecular complexity index is 655. The fourth-order valence-corrected chi connectivity index (χ4v) is 2.46. The Morgan fingerprint density at radius 3 is 2.44 bits per heavy atom. The second kappa shape index (κ2) is 8.40. The van der Waals surface area contributed by atoms with Gasteiger partial charge >= 0.3 is 6.09 Å². The smallest absolute Gasteiger partial charge is 0.407 e. The summed E-state index contributed by atoms with van der Waals surface area (Å²) in [7, 11) is 1.42. The number of hydrogen-bond acceptors (Lipinski definition) is 5. The number of aliphatic hydroxyl groups excluding tert-OH is 1. The maximum Gasteiger partial charge on any atom is 0.407 e. The van der Waals surface area contributed by atoms with Crippen LogP contribution >= 0.6 is 11.6 Å². The third-order valence-electron chi connectivity index (χ3n) is 3.21. The third kappa shape index (κ3) is 6.10. The van der Waals surface area contributed by atoms with Crippen LogP contribution < -0.4 is 15.4 Å². The van der Waals surface area contributed by atoms with Crippen molar-refractivity contribution in [1.82, 2.24) is 5.32 Å². The van der Waals surface area contributed by atoms with Crippen LogP contribution in [0.1, 0.15) is 44.9 Å². The zero-order valence-corrected chi connectivity index (χ0v) is 16.1. The van der Waals surface area contributed by atoms with Gasteiger partial charge in [0.15, 0.2) is 0 Å². The Labute approximate surface area is 152 Å². The summed E-state index contributed by atoms with van der Waals surface area (Å²) in [5, 5.41) is 16.0. The first kappa shape index (κ1) is 21.1. The van der Waals surface area contributed by atoms with E-state index in [1.807, 2.05) is 0 Å². The number of aliphatic hydroxyl groups is 1. The molecular weight excluding hydrogens is 348 g/mol. The lowest BCUT2D eigenvalue weighted by molar-refractivity contribution is -0.114. The lowest BCUT2D eigenvalue weighted by atomic mass is 10.0. The third-order valence-corrected chi connectivity index (χ3v) is 3.60. The van der Waals surface area contributed by atoms with E-state index in [0.717, 1.165) is 0 Å². The topological polar surface area (TPSA) is 96.9 Å². The van der Waals surface area contributed by atoms with Crippen LogP contribution in [-0.2, 0) is 9.53 Å². The van der Waals surface area contributed by atoms with Crippen molar-refractivity contribution < 1.29 is 24.2 Å². The van der Waals surface area contributed by atoms with Crippen molar-refractivity contribution in [3.63, 3.8) is 0 Å². The SMILES string of the molecule is COc1c(NC(C)=O)cc(Cl)c(C)c1C(O)CNC(=O)OC(C)(C)C. The van der Waals surface area contributed by atoms with Gasteiger partial charge in [0.05, 0.1) is 19.3 Å². The number of nitrogens with one attached hydrogen (secondary N) is 2. The molecule has 1 unspecified atom stereocenters. The van der Waals surface area contributed by atoms with Gasteiger partial charge in [0, 0.05) is 17.5 Å². The van der Waals surface area contributed by atoms with E-state index >= 15 is 0 Å². The van der Waals surface area contributed by atoms with Gasteiger partial charge in [-0.2, -0.15) is 0 Å². The van der Waals surface area contributed by atoms with Crippen LogP contribution in [0.15, 0.2) is 6.07 Å². The van der Waals surface area contributed by atoms with Gasteiger partial charge in [-0.3, -0.25) is 4.79 Å². The van der Waals surface area contributed by atoms with Gasteiger partial charge in [0.25, 0.3) is 0 Å². The molecule has 0 spiro atoms. The number of methoxy groups -OCH3 is 1. The average Bonchev–Trinajstić information content (AvgIpc) is 2.45. The number of carbonyl (C=O) groups is 2. The van der Waals surface area contributed by atoms with E-state index in [9.17, 15) is 14.7 Å². The van der Waals surface area contributed by atoms with Gasteiger partial charge < -0.3 is 25.2 Å². The Balaban J connectivity index is 3.07. The van der Waals surface area contributed by atoms with Crippen molar-refractivity contribution in [2.24, 2.45) is 0 Å². The summed E-state index contributed by atoms with van der Waals surface area (Å²) in [6.45, 7) is 8.19. The van der Waals surface area contributed by atoms with E-state index in [2.05, 4.69) is 10.6 Å². The molecule has 0 radical (unpaired) electrons. The van der Waals surface area contributed by atoms with Gasteiger partial charge in [-0.15, -0.1) is 0 Å². The number of hydrogen-bond donors (Lipinski definition) is 3. The average molecular weight is 373 g/mol. The minimum absolute atomic E-state index is 0.105. The normalized spacial score (nSPS) is 12.3. The van der Waals surface area contributed by atoms with Crippen molar-refractivity contribution in [2.75, 3.05) is 19.0 Å². The molecule has 0 bridgehead atoms. The number of halogens is 1. The first-order valence-electron chi connectivity index (χ1n) is 7.75. The Morgan fingerprint density at radius 1 is 1.36 bits per heavy atom. The van der Waals surface area contributed by atoms with Crippen LogP contribution in [0.4, 0.5) is 10.5 Å². The molecule has 1 rings (SSSR count). The molecule has 0 heterocycles. The van der Waals surface area contributed by atoms with E-state index in [1.165, 1.54) is 14.0 Å². The van der Waals surface area contributed by atoms with Crippen LogP contribution in [0.3, 0.4) is 0 Å². The highest BCUT2D eigenvalue weighted by atomic mass is 35.5. The maximum atomic E-state index is 11.8. The molecule has 1 atom stereocenters. The van der Waals surface area contributed by atoms with Gasteiger partial charge in [-0.1, -0.05) is 11.6 Å². The number of rotatable bonds is 5. The van der Waals surface area contributed by atoms with Crippen molar-refractivity contribution in [3.8, 4) is 5.75 Å². The molecule has 3 N–H and O–H groups in total. The fourth-order valence-electron chi connectivity index (χ4n) is 2.24. The summed E-state index contributed by atoms with van der Waals surface area (Å²) in [6.07, 6.45) is -1.75. The lowest BCUT2D eigenvalue weighted by Gasteiger charge is -2.23. The molecule has 25 heavy (non-hydrogen) atoms. The number of alkyl carbamates (subject to hydrolysis) is 1. The summed E-state index contributed by atoms with van der Waals surface area (Å²) < 4.78 is 10.5. The standard InChI is InChI=1S/C17H25ClN2O5/c1-9-11(18)7-12(20-10(2)21)15(24-6)14(9)13(22)8-19-16(23)25-17(3,4)5/h7,13,22H,8H2,1-6H3,(H,19,23)(H,20,21). The van der Waals surface area contributed by atoms with Crippen LogP contribution in [-0.4, -0.2) is 36.4 Å². The molecule has 140 valence electrons. The van der Waals surface area contributed by atoms with E-state index in [0.29, 0.717) is 21.8 Å². The number of ether oxygens (including phenoxy) is 2. The second-order valence-electron chi connectivity index (χ2n) is 6.56. The summed E-state index contributed by atoms with van der Waals surface area (Å²) in [6, 6.07) is 1.55. The minimum atomic E-state index is -1.10. The van der Waals surface area contributed by atoms with E-state index < -0.39 is 17.8 Å². The van der Waals surface area contributed by atoms with Crippen LogP contribution in [0.25, 0.3) is 0 Å². The molecule has 2 amide bonds. The Morgan fingerprint density at radius 2 is 1.96 bits per heavy atom. The predicted octanol–water partition coefficient (Wildman–Crippen LogP) is 3.17. The van der Waals surface area contributed by atoms with E-state index in [1.54, 1.807) is 33.8 Å². The lowest BCUT2D eigenvalue weighted by Crippen LogP contribution is -2.35. The van der Waals surface area contributed by atoms with E-state index in [4.69, 9.17) is 21.1 Å². The number of amides is 2. The molecule has 0 saturated carbocycles. The quantitative estimate of drug-likeness (QED) is 0.737. The van der Waals surface area contributed by atoms with Gasteiger partial charge in [0.1, 0.15) is 17.5 Å². The first-order chi connectivity index (χ1) is 11.5. The molecule has 0 aliphatic carbocycles. The summed E-state index contributed by atoms with van der Waals surface area (Å²) >= 11 is 6.20. The van der Waals surface area contributed by atoms with Crippen molar-refractivity contribution in [3.05, 3.63) is 22.2 Å². The number of carbonyl (C=O) groups excluding carboxylic acids is 2. The Kier molecular flexibility index (Phi) is 7.07. The predicted molar refractivity (Wildman–Crippen MR) is 96.2 cm³/mol. The van der Waals surface area contributed by atoms with Crippen LogP contribution in [0.5, 0.6) is 5.75 Å².